The summed E-state index contributed by atoms with van der Waals surface area (Å²) in [6.07, 6.45) is 5.41. The monoisotopic (exact) mass is 263 g/mol. The van der Waals surface area contributed by atoms with Gasteiger partial charge in [-0.25, -0.2) is 4.98 Å². The zero-order valence-corrected chi connectivity index (χ0v) is 12.1. The van der Waals surface area contributed by atoms with Crippen molar-refractivity contribution < 1.29 is 4.74 Å². The van der Waals surface area contributed by atoms with Crippen LogP contribution in [0.25, 0.3) is 0 Å². The van der Waals surface area contributed by atoms with Crippen molar-refractivity contribution in [3.8, 4) is 5.75 Å². The second kappa shape index (κ2) is 7.34. The molecule has 0 aromatic carbocycles. The lowest BCUT2D eigenvalue weighted by molar-refractivity contribution is 0.276. The molecule has 0 saturated carbocycles. The summed E-state index contributed by atoms with van der Waals surface area (Å²) in [6, 6.07) is 4.53. The Morgan fingerprint density at radius 2 is 2.37 bits per heavy atom. The minimum Gasteiger partial charge on any atom is -0.490 e. The standard InChI is InChI=1S/C15H25N3O/c1-3-11-19-14-8-5-9-16-15(14)17-12-13-7-6-10-18(13)4-2/h5,8-9,13H,3-4,6-7,10-12H2,1-2H3,(H,16,17). The zero-order valence-electron chi connectivity index (χ0n) is 12.1. The van der Waals surface area contributed by atoms with Gasteiger partial charge in [0.1, 0.15) is 0 Å². The van der Waals surface area contributed by atoms with E-state index in [-0.39, 0.29) is 0 Å². The Kier molecular flexibility index (Phi) is 5.45. The van der Waals surface area contributed by atoms with E-state index in [0.29, 0.717) is 6.04 Å². The molecular weight excluding hydrogens is 238 g/mol. The van der Waals surface area contributed by atoms with Gasteiger partial charge < -0.3 is 10.1 Å². The normalized spacial score (nSPS) is 19.6. The fourth-order valence-corrected chi connectivity index (χ4v) is 2.61. The van der Waals surface area contributed by atoms with Crippen LogP contribution in [-0.4, -0.2) is 42.2 Å². The Morgan fingerprint density at radius 1 is 1.47 bits per heavy atom. The molecule has 1 fully saturated rings. The van der Waals surface area contributed by atoms with Crippen molar-refractivity contribution in [3.63, 3.8) is 0 Å². The highest BCUT2D eigenvalue weighted by Gasteiger charge is 2.22. The second-order valence-electron chi connectivity index (χ2n) is 5.00. The molecule has 1 N–H and O–H groups in total. The van der Waals surface area contributed by atoms with Crippen molar-refractivity contribution in [2.45, 2.75) is 39.2 Å². The summed E-state index contributed by atoms with van der Waals surface area (Å²) in [5, 5.41) is 3.45. The summed E-state index contributed by atoms with van der Waals surface area (Å²) < 4.78 is 5.72. The number of nitrogens with one attached hydrogen (secondary N) is 1. The van der Waals surface area contributed by atoms with E-state index in [1.807, 2.05) is 18.3 Å². The number of anilines is 1. The Morgan fingerprint density at radius 3 is 3.16 bits per heavy atom. The van der Waals surface area contributed by atoms with Gasteiger partial charge in [0.2, 0.25) is 0 Å². The van der Waals surface area contributed by atoms with Crippen LogP contribution in [0.2, 0.25) is 0 Å². The molecule has 4 nitrogen and oxygen atoms in total. The molecule has 0 radical (unpaired) electrons. The first kappa shape index (κ1) is 14.1. The van der Waals surface area contributed by atoms with Crippen LogP contribution < -0.4 is 10.1 Å². The summed E-state index contributed by atoms with van der Waals surface area (Å²) >= 11 is 0. The van der Waals surface area contributed by atoms with Crippen molar-refractivity contribution in [2.75, 3.05) is 31.6 Å². The minimum absolute atomic E-state index is 0.631. The molecule has 19 heavy (non-hydrogen) atoms. The van der Waals surface area contributed by atoms with Crippen LogP contribution in [-0.2, 0) is 0 Å². The highest BCUT2D eigenvalue weighted by Crippen LogP contribution is 2.23. The summed E-state index contributed by atoms with van der Waals surface area (Å²) in [5.41, 5.74) is 0. The second-order valence-corrected chi connectivity index (χ2v) is 5.00. The minimum atomic E-state index is 0.631. The van der Waals surface area contributed by atoms with Crippen molar-refractivity contribution in [1.82, 2.24) is 9.88 Å². The Labute approximate surface area is 116 Å². The van der Waals surface area contributed by atoms with Gasteiger partial charge >= 0.3 is 0 Å². The van der Waals surface area contributed by atoms with Crippen LogP contribution in [0.3, 0.4) is 0 Å². The first-order chi connectivity index (χ1) is 9.35. The van der Waals surface area contributed by atoms with Crippen molar-refractivity contribution in [3.05, 3.63) is 18.3 Å². The number of likely N-dealkylation sites (N-methyl/N-ethyl adjacent to an activating group) is 1. The van der Waals surface area contributed by atoms with E-state index in [4.69, 9.17) is 4.74 Å². The summed E-state index contributed by atoms with van der Waals surface area (Å²) in [6.45, 7) is 8.40. The molecule has 1 atom stereocenters. The molecule has 2 heterocycles. The van der Waals surface area contributed by atoms with Crippen LogP contribution in [0.15, 0.2) is 18.3 Å². The third-order valence-corrected chi connectivity index (χ3v) is 3.64. The van der Waals surface area contributed by atoms with Crippen molar-refractivity contribution in [1.29, 1.82) is 0 Å². The fraction of sp³-hybridized carbons (Fsp3) is 0.667. The highest BCUT2D eigenvalue weighted by molar-refractivity contribution is 5.49. The number of pyridine rings is 1. The van der Waals surface area contributed by atoms with Gasteiger partial charge in [-0.15, -0.1) is 0 Å². The summed E-state index contributed by atoms with van der Waals surface area (Å²) in [7, 11) is 0. The van der Waals surface area contributed by atoms with E-state index in [1.54, 1.807) is 0 Å². The van der Waals surface area contributed by atoms with Gasteiger partial charge in [0, 0.05) is 18.8 Å². The SMILES string of the molecule is CCCOc1cccnc1NCC1CCCN1CC. The lowest BCUT2D eigenvalue weighted by Crippen LogP contribution is -2.34. The third kappa shape index (κ3) is 3.83. The van der Waals surface area contributed by atoms with Crippen LogP contribution in [0.1, 0.15) is 33.1 Å². The third-order valence-electron chi connectivity index (χ3n) is 3.64. The topological polar surface area (TPSA) is 37.4 Å². The molecule has 0 spiro atoms. The maximum atomic E-state index is 5.72. The van der Waals surface area contributed by atoms with Gasteiger partial charge in [-0.1, -0.05) is 13.8 Å². The van der Waals surface area contributed by atoms with Crippen LogP contribution in [0.4, 0.5) is 5.82 Å². The Hall–Kier alpha value is -1.29. The van der Waals surface area contributed by atoms with Gasteiger partial charge in [-0.2, -0.15) is 0 Å². The molecule has 2 rings (SSSR count). The average molecular weight is 263 g/mol. The number of hydrogen-bond donors (Lipinski definition) is 1. The van der Waals surface area contributed by atoms with Crippen LogP contribution in [0, 0.1) is 0 Å². The number of aromatic nitrogens is 1. The summed E-state index contributed by atoms with van der Waals surface area (Å²) in [5.74, 6) is 1.74. The lowest BCUT2D eigenvalue weighted by Gasteiger charge is -2.23. The molecule has 4 heteroatoms. The van der Waals surface area contributed by atoms with E-state index in [0.717, 1.165) is 37.7 Å². The van der Waals surface area contributed by atoms with Crippen LogP contribution in [0.5, 0.6) is 5.75 Å². The Bertz CT molecular complexity index is 383. The number of hydrogen-bond acceptors (Lipinski definition) is 4. The van der Waals surface area contributed by atoms with Gasteiger partial charge in [-0.05, 0) is 44.5 Å². The van der Waals surface area contributed by atoms with E-state index >= 15 is 0 Å². The molecule has 1 saturated heterocycles. The van der Waals surface area contributed by atoms with Crippen LogP contribution >= 0.6 is 0 Å². The molecule has 0 aliphatic carbocycles. The highest BCUT2D eigenvalue weighted by atomic mass is 16.5. The first-order valence-electron chi connectivity index (χ1n) is 7.40. The fourth-order valence-electron chi connectivity index (χ4n) is 2.61. The molecule has 106 valence electrons. The lowest BCUT2D eigenvalue weighted by atomic mass is 10.2. The molecule has 0 amide bonds. The molecule has 0 bridgehead atoms. The maximum Gasteiger partial charge on any atom is 0.168 e. The number of rotatable bonds is 7. The number of nitrogens with zero attached hydrogens (tertiary/aromatic N) is 2. The van der Waals surface area contributed by atoms with Gasteiger partial charge in [-0.3, -0.25) is 4.90 Å². The predicted molar refractivity (Wildman–Crippen MR) is 78.8 cm³/mol. The van der Waals surface area contributed by atoms with E-state index in [1.165, 1.54) is 19.4 Å². The number of likely N-dealkylation sites (tertiary alicyclic amines) is 1. The average Bonchev–Trinajstić information content (AvgIpc) is 2.91. The molecule has 1 aliphatic heterocycles. The van der Waals surface area contributed by atoms with Crippen molar-refractivity contribution in [2.24, 2.45) is 0 Å². The van der Waals surface area contributed by atoms with Gasteiger partial charge in [0.25, 0.3) is 0 Å². The van der Waals surface area contributed by atoms with Crippen molar-refractivity contribution >= 4 is 5.82 Å². The smallest absolute Gasteiger partial charge is 0.168 e. The maximum absolute atomic E-state index is 5.72. The number of ether oxygens (including phenoxy) is 1. The molecule has 1 aromatic heterocycles. The predicted octanol–water partition coefficient (Wildman–Crippen LogP) is 2.77. The summed E-state index contributed by atoms with van der Waals surface area (Å²) in [4.78, 5) is 6.92. The Balaban J connectivity index is 1.91. The quantitative estimate of drug-likeness (QED) is 0.821. The van der Waals surface area contributed by atoms with Gasteiger partial charge in [0.15, 0.2) is 11.6 Å². The first-order valence-corrected chi connectivity index (χ1v) is 7.40. The largest absolute Gasteiger partial charge is 0.490 e. The van der Waals surface area contributed by atoms with Gasteiger partial charge in [0.05, 0.1) is 6.61 Å². The van der Waals surface area contributed by atoms with E-state index in [2.05, 4.69) is 29.0 Å². The molecular formula is C15H25N3O. The van der Waals surface area contributed by atoms with E-state index in [9.17, 15) is 0 Å². The molecule has 1 aliphatic rings. The zero-order chi connectivity index (χ0) is 13.5. The molecule has 1 unspecified atom stereocenters. The van der Waals surface area contributed by atoms with E-state index < -0.39 is 0 Å². The molecule has 1 aromatic rings.